The van der Waals surface area contributed by atoms with Crippen molar-refractivity contribution < 1.29 is 9.53 Å². The zero-order valence-electron chi connectivity index (χ0n) is 11.6. The topological polar surface area (TPSA) is 41.6 Å². The Labute approximate surface area is 109 Å². The quantitative estimate of drug-likeness (QED) is 0.869. The van der Waals surface area contributed by atoms with E-state index in [0.29, 0.717) is 6.54 Å². The molecular weight excluding hydrogens is 228 g/mol. The first-order valence-corrected chi connectivity index (χ1v) is 6.21. The molecule has 0 radical (unpaired) electrons. The van der Waals surface area contributed by atoms with Crippen molar-refractivity contribution in [3.8, 4) is 5.75 Å². The monoisotopic (exact) mass is 250 g/mol. The average molecular weight is 250 g/mol. The summed E-state index contributed by atoms with van der Waals surface area (Å²) >= 11 is 0. The van der Waals surface area contributed by atoms with Gasteiger partial charge in [0.05, 0.1) is 7.11 Å². The summed E-state index contributed by atoms with van der Waals surface area (Å²) < 4.78 is 5.34. The van der Waals surface area contributed by atoms with Gasteiger partial charge in [0.2, 0.25) is 0 Å². The third-order valence-electron chi connectivity index (χ3n) is 3.03. The largest absolute Gasteiger partial charge is 0.496 e. The highest BCUT2D eigenvalue weighted by molar-refractivity contribution is 5.73. The molecule has 0 aliphatic heterocycles. The lowest BCUT2D eigenvalue weighted by Gasteiger charge is -2.17. The number of amides is 2. The molecule has 2 amide bonds. The SMILES string of the molecule is CCc1ccc(OC)c(CCN(C)C(=O)NC)c1. The lowest BCUT2D eigenvalue weighted by atomic mass is 10.0. The summed E-state index contributed by atoms with van der Waals surface area (Å²) in [6.07, 6.45) is 1.79. The van der Waals surface area contributed by atoms with Crippen molar-refractivity contribution in [1.29, 1.82) is 0 Å². The molecule has 0 aromatic heterocycles. The Morgan fingerprint density at radius 2 is 2.17 bits per heavy atom. The van der Waals surface area contributed by atoms with Crippen molar-refractivity contribution in [3.63, 3.8) is 0 Å². The number of likely N-dealkylation sites (N-methyl/N-ethyl adjacent to an activating group) is 1. The molecule has 1 aromatic rings. The molecule has 0 unspecified atom stereocenters. The number of hydrogen-bond donors (Lipinski definition) is 1. The summed E-state index contributed by atoms with van der Waals surface area (Å²) in [6.45, 7) is 2.80. The lowest BCUT2D eigenvalue weighted by molar-refractivity contribution is 0.211. The Kier molecular flexibility index (Phi) is 5.49. The molecule has 0 fully saturated rings. The number of carbonyl (C=O) groups is 1. The van der Waals surface area contributed by atoms with E-state index >= 15 is 0 Å². The van der Waals surface area contributed by atoms with E-state index < -0.39 is 0 Å². The number of ether oxygens (including phenoxy) is 1. The van der Waals surface area contributed by atoms with Gasteiger partial charge in [-0.3, -0.25) is 0 Å². The summed E-state index contributed by atoms with van der Waals surface area (Å²) in [6, 6.07) is 6.15. The molecule has 0 aliphatic rings. The Hall–Kier alpha value is -1.71. The Balaban J connectivity index is 2.73. The minimum Gasteiger partial charge on any atom is -0.496 e. The number of rotatable bonds is 5. The lowest BCUT2D eigenvalue weighted by Crippen LogP contribution is -2.36. The number of methoxy groups -OCH3 is 1. The van der Waals surface area contributed by atoms with Crippen LogP contribution in [0.5, 0.6) is 5.75 Å². The number of hydrogen-bond acceptors (Lipinski definition) is 2. The van der Waals surface area contributed by atoms with Gasteiger partial charge in [0.15, 0.2) is 0 Å². The highest BCUT2D eigenvalue weighted by Gasteiger charge is 2.09. The van der Waals surface area contributed by atoms with Gasteiger partial charge in [0.25, 0.3) is 0 Å². The van der Waals surface area contributed by atoms with Gasteiger partial charge in [0, 0.05) is 20.6 Å². The zero-order chi connectivity index (χ0) is 13.5. The third kappa shape index (κ3) is 3.65. The highest BCUT2D eigenvalue weighted by Crippen LogP contribution is 2.21. The second-order valence-electron chi connectivity index (χ2n) is 4.23. The zero-order valence-corrected chi connectivity index (χ0v) is 11.6. The summed E-state index contributed by atoms with van der Waals surface area (Å²) in [4.78, 5) is 13.1. The van der Waals surface area contributed by atoms with Crippen LogP contribution >= 0.6 is 0 Å². The van der Waals surface area contributed by atoms with Gasteiger partial charge >= 0.3 is 6.03 Å². The molecule has 4 heteroatoms. The van der Waals surface area contributed by atoms with Crippen LogP contribution < -0.4 is 10.1 Å². The number of urea groups is 1. The van der Waals surface area contributed by atoms with Crippen molar-refractivity contribution in [2.45, 2.75) is 19.8 Å². The standard InChI is InChI=1S/C14H22N2O2/c1-5-11-6-7-13(18-4)12(10-11)8-9-16(3)14(17)15-2/h6-7,10H,5,8-9H2,1-4H3,(H,15,17). The fraction of sp³-hybridized carbons (Fsp3) is 0.500. The number of nitrogens with one attached hydrogen (secondary N) is 1. The molecule has 0 aliphatic carbocycles. The Morgan fingerprint density at radius 1 is 1.44 bits per heavy atom. The van der Waals surface area contributed by atoms with Crippen molar-refractivity contribution in [2.24, 2.45) is 0 Å². The molecule has 1 rings (SSSR count). The summed E-state index contributed by atoms with van der Waals surface area (Å²) in [5.74, 6) is 0.887. The molecule has 1 N–H and O–H groups in total. The van der Waals surface area contributed by atoms with Crippen molar-refractivity contribution in [3.05, 3.63) is 29.3 Å². The van der Waals surface area contributed by atoms with Crippen LogP contribution in [0.4, 0.5) is 4.79 Å². The van der Waals surface area contributed by atoms with Crippen LogP contribution in [-0.4, -0.2) is 38.7 Å². The number of aryl methyl sites for hydroxylation is 1. The molecule has 0 saturated heterocycles. The Morgan fingerprint density at radius 3 is 2.72 bits per heavy atom. The van der Waals surface area contributed by atoms with Crippen molar-refractivity contribution in [2.75, 3.05) is 27.7 Å². The molecule has 0 spiro atoms. The highest BCUT2D eigenvalue weighted by atomic mass is 16.5. The van der Waals surface area contributed by atoms with Crippen molar-refractivity contribution >= 4 is 6.03 Å². The van der Waals surface area contributed by atoms with E-state index in [0.717, 1.165) is 24.2 Å². The smallest absolute Gasteiger partial charge is 0.316 e. The molecule has 18 heavy (non-hydrogen) atoms. The maximum Gasteiger partial charge on any atom is 0.316 e. The predicted octanol–water partition coefficient (Wildman–Crippen LogP) is 2.07. The van der Waals surface area contributed by atoms with Gasteiger partial charge in [-0.2, -0.15) is 0 Å². The second-order valence-corrected chi connectivity index (χ2v) is 4.23. The van der Waals surface area contributed by atoms with Crippen LogP contribution in [0.3, 0.4) is 0 Å². The molecular formula is C14H22N2O2. The van der Waals surface area contributed by atoms with Crippen LogP contribution in [0.2, 0.25) is 0 Å². The van der Waals surface area contributed by atoms with Gasteiger partial charge in [-0.05, 0) is 30.0 Å². The average Bonchev–Trinajstić information content (AvgIpc) is 2.43. The second kappa shape index (κ2) is 6.89. The molecule has 0 atom stereocenters. The normalized spacial score (nSPS) is 10.0. The third-order valence-corrected chi connectivity index (χ3v) is 3.03. The van der Waals surface area contributed by atoms with Crippen LogP contribution in [0, 0.1) is 0 Å². The first-order valence-electron chi connectivity index (χ1n) is 6.21. The van der Waals surface area contributed by atoms with Crippen LogP contribution in [0.1, 0.15) is 18.1 Å². The van der Waals surface area contributed by atoms with E-state index in [1.807, 2.05) is 6.07 Å². The van der Waals surface area contributed by atoms with Gasteiger partial charge in [-0.1, -0.05) is 19.1 Å². The van der Waals surface area contributed by atoms with Crippen LogP contribution in [-0.2, 0) is 12.8 Å². The first kappa shape index (κ1) is 14.4. The van der Waals surface area contributed by atoms with Crippen LogP contribution in [0.25, 0.3) is 0 Å². The number of benzene rings is 1. The summed E-state index contributed by atoms with van der Waals surface area (Å²) in [5, 5.41) is 2.61. The van der Waals surface area contributed by atoms with Crippen molar-refractivity contribution in [1.82, 2.24) is 10.2 Å². The molecule has 0 bridgehead atoms. The summed E-state index contributed by atoms with van der Waals surface area (Å²) in [7, 11) is 5.10. The van der Waals surface area contributed by atoms with E-state index in [1.165, 1.54) is 5.56 Å². The number of nitrogens with zero attached hydrogens (tertiary/aromatic N) is 1. The maximum absolute atomic E-state index is 11.4. The fourth-order valence-corrected chi connectivity index (χ4v) is 1.83. The maximum atomic E-state index is 11.4. The van der Waals surface area contributed by atoms with Crippen LogP contribution in [0.15, 0.2) is 18.2 Å². The first-order chi connectivity index (χ1) is 8.62. The van der Waals surface area contributed by atoms with E-state index in [2.05, 4.69) is 24.4 Å². The minimum atomic E-state index is -0.0689. The number of carbonyl (C=O) groups excluding carboxylic acids is 1. The van der Waals surface area contributed by atoms with E-state index in [9.17, 15) is 4.79 Å². The molecule has 1 aromatic carbocycles. The molecule has 4 nitrogen and oxygen atoms in total. The van der Waals surface area contributed by atoms with E-state index in [1.54, 1.807) is 26.1 Å². The fourth-order valence-electron chi connectivity index (χ4n) is 1.83. The van der Waals surface area contributed by atoms with Gasteiger partial charge < -0.3 is 15.0 Å². The minimum absolute atomic E-state index is 0.0689. The van der Waals surface area contributed by atoms with Gasteiger partial charge in [-0.25, -0.2) is 4.79 Å². The van der Waals surface area contributed by atoms with E-state index in [-0.39, 0.29) is 6.03 Å². The Bertz CT molecular complexity index is 405. The van der Waals surface area contributed by atoms with E-state index in [4.69, 9.17) is 4.74 Å². The molecule has 0 saturated carbocycles. The van der Waals surface area contributed by atoms with Gasteiger partial charge in [0.1, 0.15) is 5.75 Å². The summed E-state index contributed by atoms with van der Waals surface area (Å²) in [5.41, 5.74) is 2.43. The molecule has 100 valence electrons. The predicted molar refractivity (Wildman–Crippen MR) is 73.2 cm³/mol. The van der Waals surface area contributed by atoms with Gasteiger partial charge in [-0.15, -0.1) is 0 Å². The molecule has 0 heterocycles.